The Bertz CT molecular complexity index is 926. The molecule has 0 saturated heterocycles. The zero-order valence-corrected chi connectivity index (χ0v) is 19.6. The summed E-state index contributed by atoms with van der Waals surface area (Å²) in [6, 6.07) is 0. The van der Waals surface area contributed by atoms with E-state index in [1.165, 1.54) is 45.2 Å². The number of nitrogens with zero attached hydrogens (tertiary/aromatic N) is 5. The topological polar surface area (TPSA) is 140 Å². The molecule has 2 aromatic heterocycles. The van der Waals surface area contributed by atoms with Crippen molar-refractivity contribution in [1.82, 2.24) is 24.7 Å². The van der Waals surface area contributed by atoms with Gasteiger partial charge in [0, 0.05) is 47.3 Å². The summed E-state index contributed by atoms with van der Waals surface area (Å²) in [5.74, 6) is 0.551. The Morgan fingerprint density at radius 1 is 1.10 bits per heavy atom. The van der Waals surface area contributed by atoms with Crippen LogP contribution >= 0.6 is 11.6 Å². The molecule has 0 aliphatic carbocycles. The fraction of sp³-hybridized carbons (Fsp3) is 0.647. The predicted molar refractivity (Wildman–Crippen MR) is 112 cm³/mol. The maximum atomic E-state index is 13.1. The van der Waals surface area contributed by atoms with Gasteiger partial charge in [0.25, 0.3) is 0 Å². The Kier molecular flexibility index (Phi) is 9.53. The molecule has 0 fully saturated rings. The maximum absolute atomic E-state index is 13.1. The molecule has 14 heteroatoms. The van der Waals surface area contributed by atoms with E-state index in [4.69, 9.17) is 30.5 Å². The normalized spacial score (nSPS) is 14.9. The molecule has 0 bridgehead atoms. The molecule has 0 amide bonds. The second kappa shape index (κ2) is 11.6. The minimum absolute atomic E-state index is 0.0197. The third-order valence-corrected chi connectivity index (χ3v) is 6.36. The van der Waals surface area contributed by atoms with Crippen LogP contribution in [0.1, 0.15) is 37.3 Å². The van der Waals surface area contributed by atoms with E-state index in [-0.39, 0.29) is 18.4 Å². The van der Waals surface area contributed by atoms with Gasteiger partial charge in [0.05, 0.1) is 11.6 Å². The van der Waals surface area contributed by atoms with Crippen molar-refractivity contribution in [2.75, 3.05) is 39.8 Å². The monoisotopic (exact) mass is 478 g/mol. The maximum Gasteiger partial charge on any atom is 0.240 e. The quantitative estimate of drug-likeness (QED) is 0.451. The highest BCUT2D eigenvalue weighted by Crippen LogP contribution is 2.27. The molecule has 1 unspecified atom stereocenters. The Hall–Kier alpha value is -1.90. The lowest BCUT2D eigenvalue weighted by Gasteiger charge is -2.24. The molecule has 3 atom stereocenters. The van der Waals surface area contributed by atoms with Gasteiger partial charge in [0.15, 0.2) is 11.6 Å². The molecule has 31 heavy (non-hydrogen) atoms. The zero-order chi connectivity index (χ0) is 23.0. The van der Waals surface area contributed by atoms with Crippen LogP contribution < -0.4 is 4.72 Å². The lowest BCUT2D eigenvalue weighted by Crippen LogP contribution is -2.34. The Morgan fingerprint density at radius 2 is 1.77 bits per heavy atom. The van der Waals surface area contributed by atoms with Crippen molar-refractivity contribution in [2.45, 2.75) is 37.5 Å². The molecule has 0 aliphatic heterocycles. The van der Waals surface area contributed by atoms with Crippen LogP contribution in [0.3, 0.4) is 0 Å². The Morgan fingerprint density at radius 3 is 2.32 bits per heavy atom. The second-order valence-electron chi connectivity index (χ2n) is 6.48. The second-order valence-corrected chi connectivity index (χ2v) is 8.96. The Balaban J connectivity index is 2.35. The third-order valence-electron chi connectivity index (χ3n) is 4.47. The summed E-state index contributed by atoms with van der Waals surface area (Å²) in [6.45, 7) is 1.96. The number of sulfonamides is 1. The summed E-state index contributed by atoms with van der Waals surface area (Å²) in [5.41, 5.74) is 0. The van der Waals surface area contributed by atoms with Crippen molar-refractivity contribution in [3.8, 4) is 0 Å². The molecular formula is C17H27ClN6O6S. The van der Waals surface area contributed by atoms with E-state index in [9.17, 15) is 8.42 Å². The molecular weight excluding hydrogens is 452 g/mol. The summed E-state index contributed by atoms with van der Waals surface area (Å²) in [4.78, 5) is 8.14. The van der Waals surface area contributed by atoms with Crippen molar-refractivity contribution in [3.05, 3.63) is 29.1 Å². The van der Waals surface area contributed by atoms with E-state index in [0.29, 0.717) is 23.9 Å². The van der Waals surface area contributed by atoms with Crippen molar-refractivity contribution < 1.29 is 27.4 Å². The first kappa shape index (κ1) is 25.4. The largest absolute Gasteiger partial charge is 0.385 e. The van der Waals surface area contributed by atoms with E-state index in [1.54, 1.807) is 7.11 Å². The van der Waals surface area contributed by atoms with Gasteiger partial charge in [-0.1, -0.05) is 11.6 Å². The highest BCUT2D eigenvalue weighted by molar-refractivity contribution is 7.93. The first-order valence-electron chi connectivity index (χ1n) is 9.25. The summed E-state index contributed by atoms with van der Waals surface area (Å²) in [7, 11) is 1.92. The summed E-state index contributed by atoms with van der Waals surface area (Å²) >= 11 is 5.82. The SMILES string of the molecule is COCCC(OC)n1c(COC)nnc1NS(=O)(=O)[C@@H](C)[C@H](OC)c1ncc(Cl)cn1. The number of hydrogen-bond acceptors (Lipinski definition) is 10. The first-order valence-corrected chi connectivity index (χ1v) is 11.2. The van der Waals surface area contributed by atoms with Crippen molar-refractivity contribution in [3.63, 3.8) is 0 Å². The van der Waals surface area contributed by atoms with Crippen LogP contribution in [0.5, 0.6) is 0 Å². The van der Waals surface area contributed by atoms with Gasteiger partial charge in [0.2, 0.25) is 16.0 Å². The number of rotatable bonds is 13. The minimum Gasteiger partial charge on any atom is -0.385 e. The van der Waals surface area contributed by atoms with E-state index in [0.717, 1.165) is 0 Å². The number of ether oxygens (including phenoxy) is 4. The molecule has 0 aromatic carbocycles. The van der Waals surface area contributed by atoms with Gasteiger partial charge in [-0.3, -0.25) is 9.29 Å². The van der Waals surface area contributed by atoms with Crippen molar-refractivity contribution >= 4 is 27.6 Å². The lowest BCUT2D eigenvalue weighted by atomic mass is 10.2. The van der Waals surface area contributed by atoms with Crippen LogP contribution in [-0.4, -0.2) is 73.4 Å². The molecule has 2 heterocycles. The molecule has 0 radical (unpaired) electrons. The summed E-state index contributed by atoms with van der Waals surface area (Å²) in [6.07, 6.45) is 1.65. The number of hydrogen-bond donors (Lipinski definition) is 1. The van der Waals surface area contributed by atoms with Gasteiger partial charge < -0.3 is 18.9 Å². The number of aromatic nitrogens is 5. The molecule has 2 rings (SSSR count). The zero-order valence-electron chi connectivity index (χ0n) is 18.0. The highest BCUT2D eigenvalue weighted by Gasteiger charge is 2.34. The first-order chi connectivity index (χ1) is 14.8. The predicted octanol–water partition coefficient (Wildman–Crippen LogP) is 1.57. The van der Waals surface area contributed by atoms with Gasteiger partial charge in [-0.15, -0.1) is 10.2 Å². The van der Waals surface area contributed by atoms with E-state index in [2.05, 4.69) is 24.9 Å². The molecule has 2 aromatic rings. The lowest BCUT2D eigenvalue weighted by molar-refractivity contribution is 0.0126. The van der Waals surface area contributed by atoms with Gasteiger partial charge in [0.1, 0.15) is 24.2 Å². The van der Waals surface area contributed by atoms with E-state index >= 15 is 0 Å². The van der Waals surface area contributed by atoms with E-state index in [1.807, 2.05) is 0 Å². The summed E-state index contributed by atoms with van der Waals surface area (Å²) < 4.78 is 51.4. The van der Waals surface area contributed by atoms with Gasteiger partial charge in [-0.05, 0) is 6.92 Å². The molecule has 174 valence electrons. The van der Waals surface area contributed by atoms with Crippen LogP contribution in [0.25, 0.3) is 0 Å². The average Bonchev–Trinajstić information content (AvgIpc) is 3.12. The highest BCUT2D eigenvalue weighted by atomic mass is 35.5. The van der Waals surface area contributed by atoms with Crippen molar-refractivity contribution in [2.24, 2.45) is 0 Å². The molecule has 1 N–H and O–H groups in total. The van der Waals surface area contributed by atoms with Crippen LogP contribution in [-0.2, 0) is 35.6 Å². The summed E-state index contributed by atoms with van der Waals surface area (Å²) in [5, 5.41) is 7.26. The molecule has 12 nitrogen and oxygen atoms in total. The van der Waals surface area contributed by atoms with Gasteiger partial charge in [-0.25, -0.2) is 18.4 Å². The number of methoxy groups -OCH3 is 4. The van der Waals surface area contributed by atoms with Crippen LogP contribution in [0.4, 0.5) is 5.95 Å². The van der Waals surface area contributed by atoms with Gasteiger partial charge >= 0.3 is 0 Å². The minimum atomic E-state index is -4.01. The number of halogens is 1. The third kappa shape index (κ3) is 6.30. The molecule has 0 spiro atoms. The van der Waals surface area contributed by atoms with E-state index < -0.39 is 27.6 Å². The molecule has 0 saturated carbocycles. The van der Waals surface area contributed by atoms with Crippen molar-refractivity contribution in [1.29, 1.82) is 0 Å². The fourth-order valence-corrected chi connectivity index (χ4v) is 4.09. The molecule has 0 aliphatic rings. The number of nitrogens with one attached hydrogen (secondary N) is 1. The number of anilines is 1. The Labute approximate surface area is 186 Å². The average molecular weight is 479 g/mol. The van der Waals surface area contributed by atoms with Crippen LogP contribution in [0, 0.1) is 0 Å². The fourth-order valence-electron chi connectivity index (χ4n) is 2.85. The van der Waals surface area contributed by atoms with Gasteiger partial charge in [-0.2, -0.15) is 0 Å². The standard InChI is InChI=1S/C17H27ClN6O6S/c1-11(15(30-5)16-19-8-12(18)9-20-16)31(25,26)23-17-22-21-13(10-28-3)24(17)14(29-4)6-7-27-2/h8-9,11,14-15H,6-7,10H2,1-5H3,(H,22,23)/t11-,14?,15-/m0/s1. The van der Waals surface area contributed by atoms with Crippen LogP contribution in [0.2, 0.25) is 5.02 Å². The smallest absolute Gasteiger partial charge is 0.240 e. The van der Waals surface area contributed by atoms with Crippen LogP contribution in [0.15, 0.2) is 12.4 Å².